The molecule has 5 heteroatoms. The number of pyridine rings is 2. The third-order valence-electron chi connectivity index (χ3n) is 5.50. The standard InChI is InChI=1S/C24H26N4O/c29-24(28-14-10-20(11-15-28)16-19-4-2-1-3-5-19)23-7-6-22(18-27-23)26-17-21-8-12-25-13-9-21/h1-9,12-13,18,20,26H,10-11,14-17H2. The molecule has 3 heterocycles. The lowest BCUT2D eigenvalue weighted by atomic mass is 9.90. The van der Waals surface area contributed by atoms with Gasteiger partial charge in [-0.2, -0.15) is 0 Å². The molecule has 1 aliphatic heterocycles. The van der Waals surface area contributed by atoms with E-state index in [0.29, 0.717) is 18.2 Å². The number of hydrogen-bond donors (Lipinski definition) is 1. The van der Waals surface area contributed by atoms with Gasteiger partial charge in [0.1, 0.15) is 5.69 Å². The number of benzene rings is 1. The molecule has 0 unspecified atom stereocenters. The molecule has 1 saturated heterocycles. The van der Waals surface area contributed by atoms with Gasteiger partial charge in [0.05, 0.1) is 11.9 Å². The van der Waals surface area contributed by atoms with E-state index in [1.807, 2.05) is 29.2 Å². The zero-order valence-electron chi connectivity index (χ0n) is 16.5. The van der Waals surface area contributed by atoms with Gasteiger partial charge in [0.15, 0.2) is 0 Å². The van der Waals surface area contributed by atoms with E-state index in [0.717, 1.165) is 43.6 Å². The smallest absolute Gasteiger partial charge is 0.272 e. The minimum absolute atomic E-state index is 0.0313. The number of carbonyl (C=O) groups excluding carboxylic acids is 1. The largest absolute Gasteiger partial charge is 0.380 e. The summed E-state index contributed by atoms with van der Waals surface area (Å²) in [4.78, 5) is 23.1. The molecule has 1 aliphatic rings. The predicted molar refractivity (Wildman–Crippen MR) is 115 cm³/mol. The quantitative estimate of drug-likeness (QED) is 0.690. The highest BCUT2D eigenvalue weighted by Gasteiger charge is 2.24. The Labute approximate surface area is 171 Å². The summed E-state index contributed by atoms with van der Waals surface area (Å²) in [5.41, 5.74) is 3.95. The molecule has 4 rings (SSSR count). The van der Waals surface area contributed by atoms with Gasteiger partial charge < -0.3 is 10.2 Å². The molecule has 1 N–H and O–H groups in total. The van der Waals surface area contributed by atoms with Crippen LogP contribution in [0.1, 0.15) is 34.5 Å². The van der Waals surface area contributed by atoms with Crippen molar-refractivity contribution in [2.24, 2.45) is 5.92 Å². The zero-order valence-corrected chi connectivity index (χ0v) is 16.5. The second kappa shape index (κ2) is 9.32. The highest BCUT2D eigenvalue weighted by atomic mass is 16.2. The average Bonchev–Trinajstić information content (AvgIpc) is 2.79. The fraction of sp³-hybridized carbons (Fsp3) is 0.292. The Kier molecular flexibility index (Phi) is 6.15. The number of amides is 1. The number of rotatable bonds is 6. The maximum atomic E-state index is 12.8. The maximum Gasteiger partial charge on any atom is 0.272 e. The van der Waals surface area contributed by atoms with Crippen LogP contribution in [0.2, 0.25) is 0 Å². The van der Waals surface area contributed by atoms with Crippen molar-refractivity contribution in [2.45, 2.75) is 25.8 Å². The number of anilines is 1. The number of aromatic nitrogens is 2. The van der Waals surface area contributed by atoms with Crippen LogP contribution >= 0.6 is 0 Å². The third kappa shape index (κ3) is 5.19. The van der Waals surface area contributed by atoms with E-state index in [9.17, 15) is 4.79 Å². The number of carbonyl (C=O) groups is 1. The molecule has 148 valence electrons. The summed E-state index contributed by atoms with van der Waals surface area (Å²) in [5, 5.41) is 3.32. The lowest BCUT2D eigenvalue weighted by Crippen LogP contribution is -2.39. The van der Waals surface area contributed by atoms with Gasteiger partial charge in [0.25, 0.3) is 5.91 Å². The monoisotopic (exact) mass is 386 g/mol. The molecule has 29 heavy (non-hydrogen) atoms. The van der Waals surface area contributed by atoms with Crippen LogP contribution in [-0.2, 0) is 13.0 Å². The molecule has 0 aliphatic carbocycles. The van der Waals surface area contributed by atoms with Gasteiger partial charge in [0, 0.05) is 32.0 Å². The molecule has 0 spiro atoms. The number of hydrogen-bond acceptors (Lipinski definition) is 4. The van der Waals surface area contributed by atoms with Crippen molar-refractivity contribution < 1.29 is 4.79 Å². The Balaban J connectivity index is 1.27. The summed E-state index contributed by atoms with van der Waals surface area (Å²) in [6.45, 7) is 2.31. The predicted octanol–water partition coefficient (Wildman–Crippen LogP) is 4.18. The van der Waals surface area contributed by atoms with Gasteiger partial charge in [0.2, 0.25) is 0 Å². The number of piperidine rings is 1. The Morgan fingerprint density at radius 2 is 1.72 bits per heavy atom. The number of nitrogens with one attached hydrogen (secondary N) is 1. The minimum atomic E-state index is 0.0313. The average molecular weight is 386 g/mol. The van der Waals surface area contributed by atoms with E-state index in [1.54, 1.807) is 18.6 Å². The summed E-state index contributed by atoms with van der Waals surface area (Å²) in [6.07, 6.45) is 8.48. The fourth-order valence-electron chi connectivity index (χ4n) is 3.78. The van der Waals surface area contributed by atoms with Crippen molar-refractivity contribution in [2.75, 3.05) is 18.4 Å². The molecule has 1 aromatic carbocycles. The highest BCUT2D eigenvalue weighted by molar-refractivity contribution is 5.92. The second-order valence-corrected chi connectivity index (χ2v) is 7.57. The van der Waals surface area contributed by atoms with Crippen LogP contribution in [0, 0.1) is 5.92 Å². The van der Waals surface area contributed by atoms with Gasteiger partial charge in [-0.1, -0.05) is 30.3 Å². The van der Waals surface area contributed by atoms with Crippen LogP contribution in [0.3, 0.4) is 0 Å². The summed E-state index contributed by atoms with van der Waals surface area (Å²) in [5.74, 6) is 0.679. The van der Waals surface area contributed by atoms with E-state index in [1.165, 1.54) is 5.56 Å². The topological polar surface area (TPSA) is 58.1 Å². The van der Waals surface area contributed by atoms with Crippen molar-refractivity contribution in [3.8, 4) is 0 Å². The van der Waals surface area contributed by atoms with Crippen LogP contribution in [0.4, 0.5) is 5.69 Å². The van der Waals surface area contributed by atoms with Crippen LogP contribution in [0.5, 0.6) is 0 Å². The van der Waals surface area contributed by atoms with Gasteiger partial charge in [-0.3, -0.25) is 9.78 Å². The molecule has 1 amide bonds. The first kappa shape index (κ1) is 19.1. The van der Waals surface area contributed by atoms with Crippen molar-refractivity contribution in [1.29, 1.82) is 0 Å². The summed E-state index contributed by atoms with van der Waals surface area (Å²) in [7, 11) is 0. The third-order valence-corrected chi connectivity index (χ3v) is 5.50. The first-order chi connectivity index (χ1) is 14.3. The first-order valence-electron chi connectivity index (χ1n) is 10.2. The van der Waals surface area contributed by atoms with Gasteiger partial charge in [-0.05, 0) is 60.6 Å². The molecule has 0 bridgehead atoms. The molecular formula is C24H26N4O. The Morgan fingerprint density at radius 1 is 0.966 bits per heavy atom. The van der Waals surface area contributed by atoms with E-state index >= 15 is 0 Å². The summed E-state index contributed by atoms with van der Waals surface area (Å²) < 4.78 is 0. The Hall–Kier alpha value is -3.21. The summed E-state index contributed by atoms with van der Waals surface area (Å²) in [6, 6.07) is 18.3. The zero-order chi connectivity index (χ0) is 19.9. The SMILES string of the molecule is O=C(c1ccc(NCc2ccncc2)cn1)N1CCC(Cc2ccccc2)CC1. The van der Waals surface area contributed by atoms with Crippen molar-refractivity contribution >= 4 is 11.6 Å². The van der Waals surface area contributed by atoms with Gasteiger partial charge in [-0.25, -0.2) is 4.98 Å². The van der Waals surface area contributed by atoms with Crippen LogP contribution in [0.25, 0.3) is 0 Å². The van der Waals surface area contributed by atoms with Crippen molar-refractivity contribution in [3.05, 3.63) is 90.0 Å². The second-order valence-electron chi connectivity index (χ2n) is 7.57. The number of nitrogens with zero attached hydrogens (tertiary/aromatic N) is 3. The van der Waals surface area contributed by atoms with Crippen LogP contribution in [0.15, 0.2) is 73.2 Å². The van der Waals surface area contributed by atoms with Crippen molar-refractivity contribution in [3.63, 3.8) is 0 Å². The molecule has 0 radical (unpaired) electrons. The Bertz CT molecular complexity index is 905. The van der Waals surface area contributed by atoms with Crippen LogP contribution in [-0.4, -0.2) is 33.9 Å². The molecule has 5 nitrogen and oxygen atoms in total. The molecule has 1 fully saturated rings. The van der Waals surface area contributed by atoms with Gasteiger partial charge >= 0.3 is 0 Å². The minimum Gasteiger partial charge on any atom is -0.380 e. The molecule has 2 aromatic heterocycles. The first-order valence-corrected chi connectivity index (χ1v) is 10.2. The number of likely N-dealkylation sites (tertiary alicyclic amines) is 1. The van der Waals surface area contributed by atoms with E-state index in [2.05, 4.69) is 45.6 Å². The normalized spacial score (nSPS) is 14.6. The molecule has 0 saturated carbocycles. The Morgan fingerprint density at radius 3 is 2.41 bits per heavy atom. The van der Waals surface area contributed by atoms with Gasteiger partial charge in [-0.15, -0.1) is 0 Å². The molecule has 3 aromatic rings. The fourth-order valence-corrected chi connectivity index (χ4v) is 3.78. The summed E-state index contributed by atoms with van der Waals surface area (Å²) >= 11 is 0. The lowest BCUT2D eigenvalue weighted by molar-refractivity contribution is 0.0684. The van der Waals surface area contributed by atoms with E-state index in [-0.39, 0.29) is 5.91 Å². The molecular weight excluding hydrogens is 360 g/mol. The highest BCUT2D eigenvalue weighted by Crippen LogP contribution is 2.22. The van der Waals surface area contributed by atoms with Crippen molar-refractivity contribution in [1.82, 2.24) is 14.9 Å². The lowest BCUT2D eigenvalue weighted by Gasteiger charge is -2.32. The van der Waals surface area contributed by atoms with E-state index < -0.39 is 0 Å². The molecule has 0 atom stereocenters. The van der Waals surface area contributed by atoms with E-state index in [4.69, 9.17) is 0 Å². The maximum absolute atomic E-state index is 12.8. The van der Waals surface area contributed by atoms with Crippen LogP contribution < -0.4 is 5.32 Å².